The Morgan fingerprint density at radius 2 is 2.00 bits per heavy atom. The van der Waals surface area contributed by atoms with Gasteiger partial charge < -0.3 is 19.9 Å². The number of halogens is 1. The number of carbonyl (C=O) groups excluding carboxylic acids is 2. The molecule has 0 radical (unpaired) electrons. The van der Waals surface area contributed by atoms with Gasteiger partial charge in [0.05, 0.1) is 7.11 Å². The number of hydrogen-bond donors (Lipinski definition) is 2. The van der Waals surface area contributed by atoms with Crippen LogP contribution in [0.1, 0.15) is 18.4 Å². The van der Waals surface area contributed by atoms with Crippen LogP contribution >= 0.6 is 0 Å². The number of carbonyl (C=O) groups is 3. The van der Waals surface area contributed by atoms with Gasteiger partial charge in [-0.1, -0.05) is 18.2 Å². The molecule has 2 N–H and O–H groups in total. The average molecular weight is 313 g/mol. The summed E-state index contributed by atoms with van der Waals surface area (Å²) in [5.74, 6) is -2.43. The van der Waals surface area contributed by atoms with Crippen molar-refractivity contribution in [2.45, 2.75) is 25.5 Å². The van der Waals surface area contributed by atoms with Crippen molar-refractivity contribution in [2.24, 2.45) is 0 Å². The first-order valence-electron chi connectivity index (χ1n) is 6.40. The quantitative estimate of drug-likeness (QED) is 0.739. The minimum absolute atomic E-state index is 0.142. The molecule has 8 heteroatoms. The first-order valence-corrected chi connectivity index (χ1v) is 6.40. The highest BCUT2D eigenvalue weighted by Crippen LogP contribution is 2.08. The minimum Gasteiger partial charge on any atom is -0.480 e. The molecule has 1 aromatic rings. The van der Waals surface area contributed by atoms with Gasteiger partial charge in [-0.3, -0.25) is 4.79 Å². The van der Waals surface area contributed by atoms with Crippen molar-refractivity contribution in [1.82, 2.24) is 5.32 Å². The number of alkyl carbamates (subject to hydrolysis) is 1. The Balaban J connectivity index is 2.48. The number of carboxylic acids is 1. The van der Waals surface area contributed by atoms with Crippen LogP contribution in [0.15, 0.2) is 24.3 Å². The second-order valence-corrected chi connectivity index (χ2v) is 4.32. The van der Waals surface area contributed by atoms with Crippen molar-refractivity contribution >= 4 is 18.0 Å². The Hall–Kier alpha value is -2.64. The van der Waals surface area contributed by atoms with Gasteiger partial charge in [-0.25, -0.2) is 14.0 Å². The van der Waals surface area contributed by atoms with Gasteiger partial charge >= 0.3 is 18.0 Å². The summed E-state index contributed by atoms with van der Waals surface area (Å²) in [5.41, 5.74) is 0.166. The third kappa shape index (κ3) is 5.78. The number of methoxy groups -OCH3 is 1. The van der Waals surface area contributed by atoms with E-state index in [1.165, 1.54) is 25.3 Å². The number of amides is 1. The number of nitrogens with one attached hydrogen (secondary N) is 1. The minimum atomic E-state index is -1.31. The molecular weight excluding hydrogens is 297 g/mol. The second-order valence-electron chi connectivity index (χ2n) is 4.32. The summed E-state index contributed by atoms with van der Waals surface area (Å²) < 4.78 is 22.5. The van der Waals surface area contributed by atoms with Crippen LogP contribution in [-0.2, 0) is 25.7 Å². The molecule has 1 atom stereocenters. The summed E-state index contributed by atoms with van der Waals surface area (Å²) in [6.45, 7) is -0.332. The van der Waals surface area contributed by atoms with Crippen LogP contribution < -0.4 is 5.32 Å². The number of hydrogen-bond acceptors (Lipinski definition) is 5. The Bertz CT molecular complexity index is 548. The van der Waals surface area contributed by atoms with Gasteiger partial charge in [0.1, 0.15) is 18.5 Å². The summed E-state index contributed by atoms with van der Waals surface area (Å²) in [6, 6.07) is 4.43. The highest BCUT2D eigenvalue weighted by Gasteiger charge is 2.22. The molecule has 120 valence electrons. The van der Waals surface area contributed by atoms with Crippen molar-refractivity contribution in [3.63, 3.8) is 0 Å². The standard InChI is InChI=1S/C14H16FNO6/c1-21-12(17)7-6-11(13(18)19)16-14(20)22-8-9-4-2-3-5-10(9)15/h2-5,11H,6-8H2,1H3,(H,16,20)(H,18,19)/t11-/m0/s1. The molecule has 7 nitrogen and oxygen atoms in total. The normalized spacial score (nSPS) is 11.4. The summed E-state index contributed by atoms with van der Waals surface area (Å²) >= 11 is 0. The molecule has 1 rings (SSSR count). The van der Waals surface area contributed by atoms with Gasteiger partial charge in [-0.05, 0) is 12.5 Å². The summed E-state index contributed by atoms with van der Waals surface area (Å²) in [4.78, 5) is 33.5. The lowest BCUT2D eigenvalue weighted by molar-refractivity contribution is -0.142. The van der Waals surface area contributed by atoms with Crippen molar-refractivity contribution in [3.8, 4) is 0 Å². The van der Waals surface area contributed by atoms with Crippen LogP contribution in [0.3, 0.4) is 0 Å². The predicted molar refractivity (Wildman–Crippen MR) is 72.4 cm³/mol. The Morgan fingerprint density at radius 1 is 1.32 bits per heavy atom. The molecule has 1 aromatic carbocycles. The molecular formula is C14H16FNO6. The van der Waals surface area contributed by atoms with Crippen LogP contribution in [0.2, 0.25) is 0 Å². The van der Waals surface area contributed by atoms with Crippen LogP contribution in [0.25, 0.3) is 0 Å². The van der Waals surface area contributed by atoms with E-state index >= 15 is 0 Å². The zero-order chi connectivity index (χ0) is 16.5. The number of benzene rings is 1. The monoisotopic (exact) mass is 313 g/mol. The van der Waals surface area contributed by atoms with Gasteiger partial charge in [0.25, 0.3) is 0 Å². The molecule has 0 aromatic heterocycles. The maximum absolute atomic E-state index is 13.3. The van der Waals surface area contributed by atoms with Crippen molar-refractivity contribution in [1.29, 1.82) is 0 Å². The first kappa shape index (κ1) is 17.4. The Labute approximate surface area is 126 Å². The molecule has 0 aliphatic heterocycles. The summed E-state index contributed by atoms with van der Waals surface area (Å²) in [7, 11) is 1.17. The molecule has 0 heterocycles. The van der Waals surface area contributed by atoms with Crippen molar-refractivity contribution in [3.05, 3.63) is 35.6 Å². The van der Waals surface area contributed by atoms with E-state index in [0.29, 0.717) is 0 Å². The Morgan fingerprint density at radius 3 is 2.59 bits per heavy atom. The van der Waals surface area contributed by atoms with Gasteiger partial charge in [-0.15, -0.1) is 0 Å². The first-order chi connectivity index (χ1) is 10.4. The number of ether oxygens (including phenoxy) is 2. The van der Waals surface area contributed by atoms with E-state index in [9.17, 15) is 18.8 Å². The fourth-order valence-electron chi connectivity index (χ4n) is 1.56. The second kappa shape index (κ2) is 8.60. The van der Waals surface area contributed by atoms with Gasteiger partial charge in [0.2, 0.25) is 0 Å². The van der Waals surface area contributed by atoms with E-state index in [-0.39, 0.29) is 25.0 Å². The predicted octanol–water partition coefficient (Wildman–Crippen LogP) is 1.46. The lowest BCUT2D eigenvalue weighted by Crippen LogP contribution is -2.41. The van der Waals surface area contributed by atoms with Crippen molar-refractivity contribution < 1.29 is 33.4 Å². The van der Waals surface area contributed by atoms with Gasteiger partial charge in [-0.2, -0.15) is 0 Å². The maximum atomic E-state index is 13.3. The molecule has 0 spiro atoms. The highest BCUT2D eigenvalue weighted by atomic mass is 19.1. The number of carboxylic acid groups (broad SMARTS) is 1. The molecule has 1 amide bonds. The molecule has 0 fully saturated rings. The zero-order valence-electron chi connectivity index (χ0n) is 11.9. The molecule has 0 saturated heterocycles. The summed E-state index contributed by atoms with van der Waals surface area (Å²) in [5, 5.41) is 11.0. The SMILES string of the molecule is COC(=O)CC[C@H](NC(=O)OCc1ccccc1F)C(=O)O. The van der Waals surface area contributed by atoms with E-state index in [4.69, 9.17) is 9.84 Å². The summed E-state index contributed by atoms with van der Waals surface area (Å²) in [6.07, 6.45) is -1.32. The van der Waals surface area contributed by atoms with E-state index in [0.717, 1.165) is 0 Å². The molecule has 22 heavy (non-hydrogen) atoms. The van der Waals surface area contributed by atoms with Crippen LogP contribution in [0.5, 0.6) is 0 Å². The number of rotatable bonds is 7. The van der Waals surface area contributed by atoms with Crippen molar-refractivity contribution in [2.75, 3.05) is 7.11 Å². The topological polar surface area (TPSA) is 102 Å². The largest absolute Gasteiger partial charge is 0.480 e. The molecule has 0 bridgehead atoms. The molecule has 0 aliphatic rings. The number of esters is 1. The lowest BCUT2D eigenvalue weighted by Gasteiger charge is -2.14. The fraction of sp³-hybridized carbons (Fsp3) is 0.357. The highest BCUT2D eigenvalue weighted by molar-refractivity contribution is 5.80. The number of aliphatic carboxylic acids is 1. The molecule has 0 aliphatic carbocycles. The van der Waals surface area contributed by atoms with Crippen LogP contribution in [0.4, 0.5) is 9.18 Å². The van der Waals surface area contributed by atoms with E-state index in [1.54, 1.807) is 6.07 Å². The lowest BCUT2D eigenvalue weighted by atomic mass is 10.1. The van der Waals surface area contributed by atoms with E-state index in [2.05, 4.69) is 10.1 Å². The third-order valence-electron chi connectivity index (χ3n) is 2.77. The molecule has 0 unspecified atom stereocenters. The molecule has 0 saturated carbocycles. The average Bonchev–Trinajstić information content (AvgIpc) is 2.49. The fourth-order valence-corrected chi connectivity index (χ4v) is 1.56. The smallest absolute Gasteiger partial charge is 0.408 e. The zero-order valence-corrected chi connectivity index (χ0v) is 11.9. The van der Waals surface area contributed by atoms with Gasteiger partial charge in [0.15, 0.2) is 0 Å². The van der Waals surface area contributed by atoms with Gasteiger partial charge in [0, 0.05) is 12.0 Å². The van der Waals surface area contributed by atoms with E-state index < -0.39 is 29.9 Å². The third-order valence-corrected chi connectivity index (χ3v) is 2.77. The van der Waals surface area contributed by atoms with Crippen LogP contribution in [0, 0.1) is 5.82 Å². The Kier molecular flexibility index (Phi) is 6.81. The van der Waals surface area contributed by atoms with Crippen LogP contribution in [-0.4, -0.2) is 36.3 Å². The maximum Gasteiger partial charge on any atom is 0.408 e. The van der Waals surface area contributed by atoms with E-state index in [1.807, 2.05) is 0 Å².